The van der Waals surface area contributed by atoms with E-state index in [1.165, 1.54) is 23.1 Å². The van der Waals surface area contributed by atoms with E-state index < -0.39 is 34.4 Å². The fraction of sp³-hybridized carbons (Fsp3) is 0.222. The minimum Gasteiger partial charge on any atom is -0.355 e. The van der Waals surface area contributed by atoms with E-state index in [9.17, 15) is 22.8 Å². The standard InChI is InChI=1S/C27H26ClN3O5S/c1-2-29-26(33)23(16-19-8-4-3-5-9-19)30(17-20-12-14-21(28)15-13-20)25(32)18-31-27(34)22-10-6-7-11-24(22)37(31,35)36/h3-15,23H,2,16-18H2,1H3,(H,29,33)/t23-/m0/s1. The zero-order valence-electron chi connectivity index (χ0n) is 20.1. The lowest BCUT2D eigenvalue weighted by molar-refractivity contribution is -0.141. The summed E-state index contributed by atoms with van der Waals surface area (Å²) in [7, 11) is -4.20. The highest BCUT2D eigenvalue weighted by Crippen LogP contribution is 2.30. The van der Waals surface area contributed by atoms with Crippen LogP contribution in [0.2, 0.25) is 5.02 Å². The molecule has 0 radical (unpaired) electrons. The lowest BCUT2D eigenvalue weighted by Crippen LogP contribution is -2.53. The topological polar surface area (TPSA) is 104 Å². The summed E-state index contributed by atoms with van der Waals surface area (Å²) in [5.41, 5.74) is 1.54. The number of sulfonamides is 1. The number of fused-ring (bicyclic) bond motifs is 1. The van der Waals surface area contributed by atoms with Crippen molar-refractivity contribution in [2.75, 3.05) is 13.1 Å². The number of amides is 3. The van der Waals surface area contributed by atoms with Gasteiger partial charge in [0.25, 0.3) is 15.9 Å². The van der Waals surface area contributed by atoms with Crippen LogP contribution in [0.5, 0.6) is 0 Å². The number of hydrogen-bond acceptors (Lipinski definition) is 5. The molecule has 0 unspecified atom stereocenters. The third kappa shape index (κ3) is 5.68. The highest BCUT2D eigenvalue weighted by Gasteiger charge is 2.43. The van der Waals surface area contributed by atoms with Crippen LogP contribution in [-0.2, 0) is 32.6 Å². The van der Waals surface area contributed by atoms with E-state index in [1.807, 2.05) is 30.3 Å². The summed E-state index contributed by atoms with van der Waals surface area (Å²) >= 11 is 6.02. The lowest BCUT2D eigenvalue weighted by atomic mass is 10.0. The summed E-state index contributed by atoms with van der Waals surface area (Å²) in [6.07, 6.45) is 0.201. The summed E-state index contributed by atoms with van der Waals surface area (Å²) in [4.78, 5) is 41.1. The number of nitrogens with zero attached hydrogens (tertiary/aromatic N) is 2. The Bertz CT molecular complexity index is 1410. The van der Waals surface area contributed by atoms with Crippen molar-refractivity contribution >= 4 is 39.3 Å². The predicted octanol–water partition coefficient (Wildman–Crippen LogP) is 3.26. The molecule has 1 heterocycles. The van der Waals surface area contributed by atoms with E-state index in [0.717, 1.165) is 5.56 Å². The van der Waals surface area contributed by atoms with E-state index in [1.54, 1.807) is 37.3 Å². The molecule has 10 heteroatoms. The van der Waals surface area contributed by atoms with E-state index in [0.29, 0.717) is 21.4 Å². The highest BCUT2D eigenvalue weighted by atomic mass is 35.5. The molecular formula is C27H26ClN3O5S. The van der Waals surface area contributed by atoms with Crippen LogP contribution >= 0.6 is 11.6 Å². The van der Waals surface area contributed by atoms with Gasteiger partial charge in [0, 0.05) is 24.5 Å². The number of benzene rings is 3. The molecule has 1 aliphatic heterocycles. The Morgan fingerprint density at radius 3 is 2.24 bits per heavy atom. The number of likely N-dealkylation sites (N-methyl/N-ethyl adjacent to an activating group) is 1. The SMILES string of the molecule is CCNC(=O)[C@H](Cc1ccccc1)N(Cc1ccc(Cl)cc1)C(=O)CN1C(=O)c2ccccc2S1(=O)=O. The first-order chi connectivity index (χ1) is 17.7. The van der Waals surface area contributed by atoms with Crippen LogP contribution in [0.1, 0.15) is 28.4 Å². The van der Waals surface area contributed by atoms with Gasteiger partial charge in [-0.15, -0.1) is 0 Å². The van der Waals surface area contributed by atoms with Crippen molar-refractivity contribution in [3.63, 3.8) is 0 Å². The Hall–Kier alpha value is -3.69. The van der Waals surface area contributed by atoms with Gasteiger partial charge in [0.1, 0.15) is 17.5 Å². The van der Waals surface area contributed by atoms with Crippen molar-refractivity contribution in [1.29, 1.82) is 0 Å². The minimum absolute atomic E-state index is 0.0136. The number of carbonyl (C=O) groups excluding carboxylic acids is 3. The van der Waals surface area contributed by atoms with Crippen molar-refractivity contribution in [1.82, 2.24) is 14.5 Å². The fourth-order valence-corrected chi connectivity index (χ4v) is 5.88. The molecule has 192 valence electrons. The molecule has 1 aliphatic rings. The van der Waals surface area contributed by atoms with Gasteiger partial charge in [0.15, 0.2) is 0 Å². The zero-order valence-corrected chi connectivity index (χ0v) is 21.7. The Morgan fingerprint density at radius 1 is 0.946 bits per heavy atom. The molecule has 0 fully saturated rings. The van der Waals surface area contributed by atoms with Gasteiger partial charge >= 0.3 is 0 Å². The summed E-state index contributed by atoms with van der Waals surface area (Å²) in [6, 6.07) is 20.9. The van der Waals surface area contributed by atoms with Gasteiger partial charge in [-0.2, -0.15) is 0 Å². The molecule has 3 aromatic rings. The van der Waals surface area contributed by atoms with Crippen LogP contribution in [0.4, 0.5) is 0 Å². The fourth-order valence-electron chi connectivity index (χ4n) is 4.23. The normalized spacial score (nSPS) is 14.6. The van der Waals surface area contributed by atoms with Gasteiger partial charge in [-0.25, -0.2) is 12.7 Å². The second-order valence-electron chi connectivity index (χ2n) is 8.56. The third-order valence-electron chi connectivity index (χ3n) is 6.08. The smallest absolute Gasteiger partial charge is 0.269 e. The molecular weight excluding hydrogens is 514 g/mol. The van der Waals surface area contributed by atoms with Crippen molar-refractivity contribution in [2.24, 2.45) is 0 Å². The molecule has 8 nitrogen and oxygen atoms in total. The Morgan fingerprint density at radius 2 is 1.59 bits per heavy atom. The third-order valence-corrected chi connectivity index (χ3v) is 8.12. The average Bonchev–Trinajstić information content (AvgIpc) is 3.08. The first kappa shape index (κ1) is 26.4. The first-order valence-electron chi connectivity index (χ1n) is 11.7. The number of rotatable bonds is 9. The van der Waals surface area contributed by atoms with Crippen LogP contribution < -0.4 is 5.32 Å². The number of carbonyl (C=O) groups is 3. The Labute approximate surface area is 220 Å². The second kappa shape index (κ2) is 11.1. The maximum Gasteiger partial charge on any atom is 0.269 e. The highest BCUT2D eigenvalue weighted by molar-refractivity contribution is 7.90. The van der Waals surface area contributed by atoms with Crippen molar-refractivity contribution in [3.05, 3.63) is 101 Å². The predicted molar refractivity (Wildman–Crippen MR) is 139 cm³/mol. The summed E-state index contributed by atoms with van der Waals surface area (Å²) in [5, 5.41) is 3.29. The molecule has 0 saturated heterocycles. The molecule has 3 aromatic carbocycles. The van der Waals surface area contributed by atoms with E-state index in [-0.39, 0.29) is 29.3 Å². The maximum atomic E-state index is 13.8. The van der Waals surface area contributed by atoms with Crippen LogP contribution in [0.15, 0.2) is 83.8 Å². The van der Waals surface area contributed by atoms with Crippen LogP contribution in [-0.4, -0.2) is 54.5 Å². The maximum absolute atomic E-state index is 13.8. The van der Waals surface area contributed by atoms with E-state index in [4.69, 9.17) is 11.6 Å². The van der Waals surface area contributed by atoms with Crippen LogP contribution in [0.25, 0.3) is 0 Å². The monoisotopic (exact) mass is 539 g/mol. The van der Waals surface area contributed by atoms with Crippen molar-refractivity contribution < 1.29 is 22.8 Å². The quantitative estimate of drug-likeness (QED) is 0.449. The molecule has 4 rings (SSSR count). The van der Waals surface area contributed by atoms with Crippen molar-refractivity contribution in [2.45, 2.75) is 30.8 Å². The number of halogens is 1. The molecule has 0 spiro atoms. The lowest BCUT2D eigenvalue weighted by Gasteiger charge is -2.32. The molecule has 0 aromatic heterocycles. The van der Waals surface area contributed by atoms with Gasteiger partial charge in [0.05, 0.1) is 5.56 Å². The zero-order chi connectivity index (χ0) is 26.6. The van der Waals surface area contributed by atoms with Gasteiger partial charge in [-0.05, 0) is 42.3 Å². The van der Waals surface area contributed by atoms with Gasteiger partial charge in [0.2, 0.25) is 11.8 Å². The Kier molecular flexibility index (Phi) is 7.94. The largest absolute Gasteiger partial charge is 0.355 e. The molecule has 0 aliphatic carbocycles. The summed E-state index contributed by atoms with van der Waals surface area (Å²) < 4.78 is 26.7. The summed E-state index contributed by atoms with van der Waals surface area (Å²) in [5.74, 6) is -1.83. The molecule has 3 amide bonds. The van der Waals surface area contributed by atoms with E-state index in [2.05, 4.69) is 5.32 Å². The second-order valence-corrected chi connectivity index (χ2v) is 10.8. The molecule has 0 bridgehead atoms. The van der Waals surface area contributed by atoms with Gasteiger partial charge in [-0.1, -0.05) is 66.2 Å². The van der Waals surface area contributed by atoms with Crippen LogP contribution in [0.3, 0.4) is 0 Å². The molecule has 1 atom stereocenters. The summed E-state index contributed by atoms with van der Waals surface area (Å²) in [6.45, 7) is 1.41. The number of nitrogens with one attached hydrogen (secondary N) is 1. The molecule has 1 N–H and O–H groups in total. The Balaban J connectivity index is 1.70. The first-order valence-corrected chi connectivity index (χ1v) is 13.6. The molecule has 37 heavy (non-hydrogen) atoms. The minimum atomic E-state index is -4.20. The molecule has 0 saturated carbocycles. The van der Waals surface area contributed by atoms with Crippen LogP contribution in [0, 0.1) is 0 Å². The average molecular weight is 540 g/mol. The van der Waals surface area contributed by atoms with Crippen molar-refractivity contribution in [3.8, 4) is 0 Å². The number of hydrogen-bond donors (Lipinski definition) is 1. The van der Waals surface area contributed by atoms with E-state index >= 15 is 0 Å². The van der Waals surface area contributed by atoms with Gasteiger partial charge < -0.3 is 10.2 Å². The van der Waals surface area contributed by atoms with Gasteiger partial charge in [-0.3, -0.25) is 14.4 Å².